The largest absolute Gasteiger partial charge is 0.453 e. The molecule has 3 amide bonds. The third-order valence-corrected chi connectivity index (χ3v) is 4.78. The molecular formula is C20H28N4O3. The smallest absolute Gasteiger partial charge is 0.409 e. The fourth-order valence-corrected chi connectivity index (χ4v) is 3.57. The minimum absolute atomic E-state index is 0.0753. The van der Waals surface area contributed by atoms with E-state index in [1.54, 1.807) is 4.90 Å². The summed E-state index contributed by atoms with van der Waals surface area (Å²) < 4.78 is 6.99. The van der Waals surface area contributed by atoms with Crippen LogP contribution < -0.4 is 10.6 Å². The first-order valence-corrected chi connectivity index (χ1v) is 9.45. The summed E-state index contributed by atoms with van der Waals surface area (Å²) in [6.45, 7) is 6.49. The van der Waals surface area contributed by atoms with Gasteiger partial charge >= 0.3 is 12.1 Å². The Hall–Kier alpha value is -2.70. The van der Waals surface area contributed by atoms with Gasteiger partial charge in [0.15, 0.2) is 0 Å². The number of ether oxygens (including phenoxy) is 1. The molecule has 0 bridgehead atoms. The maximum absolute atomic E-state index is 12.4. The van der Waals surface area contributed by atoms with Gasteiger partial charge in [-0.15, -0.1) is 0 Å². The van der Waals surface area contributed by atoms with Crippen LogP contribution >= 0.6 is 0 Å². The molecule has 1 aromatic carbocycles. The maximum Gasteiger partial charge on any atom is 0.409 e. The van der Waals surface area contributed by atoms with E-state index in [1.807, 2.05) is 18.2 Å². The zero-order chi connectivity index (χ0) is 19.4. The lowest BCUT2D eigenvalue weighted by Crippen LogP contribution is -2.50. The molecule has 2 aromatic rings. The Balaban J connectivity index is 1.60. The van der Waals surface area contributed by atoms with Crippen molar-refractivity contribution in [3.63, 3.8) is 0 Å². The molecule has 1 aromatic heterocycles. The van der Waals surface area contributed by atoms with E-state index in [-0.39, 0.29) is 18.2 Å². The van der Waals surface area contributed by atoms with E-state index >= 15 is 0 Å². The van der Waals surface area contributed by atoms with E-state index < -0.39 is 0 Å². The summed E-state index contributed by atoms with van der Waals surface area (Å²) in [5, 5.41) is 6.95. The van der Waals surface area contributed by atoms with Crippen LogP contribution in [-0.4, -0.2) is 47.8 Å². The zero-order valence-corrected chi connectivity index (χ0v) is 16.2. The number of urea groups is 1. The molecule has 0 aliphatic carbocycles. The van der Waals surface area contributed by atoms with Gasteiger partial charge in [0, 0.05) is 48.5 Å². The number of piperidine rings is 1. The summed E-state index contributed by atoms with van der Waals surface area (Å²) in [5.74, 6) is 0.573. The quantitative estimate of drug-likeness (QED) is 0.860. The van der Waals surface area contributed by atoms with E-state index in [4.69, 9.17) is 4.74 Å². The number of carbonyl (C=O) groups excluding carboxylic acids is 2. The molecule has 1 aliphatic rings. The molecule has 0 radical (unpaired) electrons. The van der Waals surface area contributed by atoms with Crippen molar-refractivity contribution in [2.75, 3.05) is 25.5 Å². The molecule has 0 saturated carbocycles. The van der Waals surface area contributed by atoms with E-state index in [9.17, 15) is 9.59 Å². The van der Waals surface area contributed by atoms with E-state index in [0.717, 1.165) is 36.0 Å². The van der Waals surface area contributed by atoms with Gasteiger partial charge in [-0.2, -0.15) is 0 Å². The number of anilines is 1. The van der Waals surface area contributed by atoms with Crippen molar-refractivity contribution in [3.8, 4) is 0 Å². The number of nitrogens with one attached hydrogen (secondary N) is 2. The van der Waals surface area contributed by atoms with Gasteiger partial charge in [0.1, 0.15) is 0 Å². The Kier molecular flexibility index (Phi) is 5.88. The average Bonchev–Trinajstić information content (AvgIpc) is 3.02. The first kappa shape index (κ1) is 19.1. The molecule has 27 heavy (non-hydrogen) atoms. The van der Waals surface area contributed by atoms with Crippen molar-refractivity contribution in [3.05, 3.63) is 30.5 Å². The topological polar surface area (TPSA) is 75.6 Å². The first-order chi connectivity index (χ1) is 13.0. The van der Waals surface area contributed by atoms with Crippen molar-refractivity contribution >= 4 is 28.7 Å². The lowest BCUT2D eigenvalue weighted by molar-refractivity contribution is 0.108. The Morgan fingerprint density at radius 3 is 2.85 bits per heavy atom. The molecule has 3 rings (SSSR count). The highest BCUT2D eigenvalue weighted by atomic mass is 16.5. The number of rotatable bonds is 4. The Morgan fingerprint density at radius 1 is 1.30 bits per heavy atom. The van der Waals surface area contributed by atoms with Crippen LogP contribution in [-0.2, 0) is 11.3 Å². The van der Waals surface area contributed by atoms with Gasteiger partial charge in [-0.05, 0) is 43.0 Å². The molecule has 146 valence electrons. The molecule has 1 unspecified atom stereocenters. The molecule has 1 atom stereocenters. The minimum atomic E-state index is -0.349. The van der Waals surface area contributed by atoms with Crippen LogP contribution in [0.25, 0.3) is 10.9 Å². The fraction of sp³-hybridized carbons (Fsp3) is 0.500. The number of methoxy groups -OCH3 is 1. The Labute approximate surface area is 159 Å². The molecule has 7 heteroatoms. The van der Waals surface area contributed by atoms with Crippen molar-refractivity contribution in [1.82, 2.24) is 14.8 Å². The highest BCUT2D eigenvalue weighted by Crippen LogP contribution is 2.21. The highest BCUT2D eigenvalue weighted by molar-refractivity contribution is 5.93. The molecular weight excluding hydrogens is 344 g/mol. The summed E-state index contributed by atoms with van der Waals surface area (Å²) in [6, 6.07) is 7.66. The monoisotopic (exact) mass is 372 g/mol. The minimum Gasteiger partial charge on any atom is -0.453 e. The predicted molar refractivity (Wildman–Crippen MR) is 106 cm³/mol. The molecule has 1 saturated heterocycles. The van der Waals surface area contributed by atoms with Gasteiger partial charge < -0.3 is 24.8 Å². The number of fused-ring (bicyclic) bond motifs is 1. The number of amides is 3. The molecule has 7 nitrogen and oxygen atoms in total. The lowest BCUT2D eigenvalue weighted by atomic mass is 10.1. The third kappa shape index (κ3) is 4.72. The lowest BCUT2D eigenvalue weighted by Gasteiger charge is -2.32. The van der Waals surface area contributed by atoms with Crippen molar-refractivity contribution in [1.29, 1.82) is 0 Å². The van der Waals surface area contributed by atoms with E-state index in [1.165, 1.54) is 7.11 Å². The summed E-state index contributed by atoms with van der Waals surface area (Å²) in [7, 11) is 1.37. The number of hydrogen-bond donors (Lipinski definition) is 2. The number of hydrogen-bond acceptors (Lipinski definition) is 3. The van der Waals surface area contributed by atoms with Gasteiger partial charge in [0.25, 0.3) is 0 Å². The van der Waals surface area contributed by atoms with Crippen molar-refractivity contribution < 1.29 is 14.3 Å². The summed E-state index contributed by atoms with van der Waals surface area (Å²) >= 11 is 0. The summed E-state index contributed by atoms with van der Waals surface area (Å²) in [5.41, 5.74) is 1.92. The van der Waals surface area contributed by atoms with Gasteiger partial charge in [0.05, 0.1) is 7.11 Å². The zero-order valence-electron chi connectivity index (χ0n) is 16.2. The molecule has 1 aliphatic heterocycles. The van der Waals surface area contributed by atoms with Gasteiger partial charge in [-0.3, -0.25) is 0 Å². The third-order valence-electron chi connectivity index (χ3n) is 4.78. The standard InChI is InChI=1S/C20H28N4O3/c1-14(2)12-23-10-8-15-11-16(6-7-18(15)23)21-19(25)22-17-5-4-9-24(13-17)20(26)27-3/h6-8,10-11,14,17H,4-5,9,12-13H2,1-3H3,(H2,21,22,25). The summed E-state index contributed by atoms with van der Waals surface area (Å²) in [6.07, 6.45) is 3.42. The van der Waals surface area contributed by atoms with Crippen molar-refractivity contribution in [2.24, 2.45) is 5.92 Å². The fourth-order valence-electron chi connectivity index (χ4n) is 3.57. The number of benzene rings is 1. The highest BCUT2D eigenvalue weighted by Gasteiger charge is 2.25. The van der Waals surface area contributed by atoms with Gasteiger partial charge in [-0.1, -0.05) is 13.8 Å². The van der Waals surface area contributed by atoms with Crippen LogP contribution in [0.1, 0.15) is 26.7 Å². The van der Waals surface area contributed by atoms with Crippen LogP contribution in [0.4, 0.5) is 15.3 Å². The Morgan fingerprint density at radius 2 is 2.11 bits per heavy atom. The SMILES string of the molecule is COC(=O)N1CCCC(NC(=O)Nc2ccc3c(ccn3CC(C)C)c2)C1. The van der Waals surface area contributed by atoms with Gasteiger partial charge in [0.2, 0.25) is 0 Å². The number of likely N-dealkylation sites (tertiary alicyclic amines) is 1. The van der Waals surface area contributed by atoms with Crippen LogP contribution in [0.3, 0.4) is 0 Å². The second-order valence-electron chi connectivity index (χ2n) is 7.49. The maximum atomic E-state index is 12.4. The predicted octanol–water partition coefficient (Wildman–Crippen LogP) is 3.65. The second kappa shape index (κ2) is 8.33. The first-order valence-electron chi connectivity index (χ1n) is 9.45. The normalized spacial score (nSPS) is 17.2. The van der Waals surface area contributed by atoms with Crippen LogP contribution in [0.2, 0.25) is 0 Å². The average molecular weight is 372 g/mol. The molecule has 2 heterocycles. The van der Waals surface area contributed by atoms with Crippen LogP contribution in [0.15, 0.2) is 30.5 Å². The van der Waals surface area contributed by atoms with Gasteiger partial charge in [-0.25, -0.2) is 9.59 Å². The second-order valence-corrected chi connectivity index (χ2v) is 7.49. The molecule has 1 fully saturated rings. The number of nitrogens with zero attached hydrogens (tertiary/aromatic N) is 2. The molecule has 2 N–H and O–H groups in total. The van der Waals surface area contributed by atoms with Crippen LogP contribution in [0.5, 0.6) is 0 Å². The van der Waals surface area contributed by atoms with Crippen molar-refractivity contribution in [2.45, 2.75) is 39.3 Å². The molecule has 0 spiro atoms. The van der Waals surface area contributed by atoms with Crippen LogP contribution in [0, 0.1) is 5.92 Å². The van der Waals surface area contributed by atoms with E-state index in [0.29, 0.717) is 19.0 Å². The van der Waals surface area contributed by atoms with E-state index in [2.05, 4.69) is 41.3 Å². The number of aromatic nitrogens is 1. The summed E-state index contributed by atoms with van der Waals surface area (Å²) in [4.78, 5) is 25.6. The number of carbonyl (C=O) groups is 2. The Bertz CT molecular complexity index is 815.